The summed E-state index contributed by atoms with van der Waals surface area (Å²) in [7, 11) is 0. The maximum absolute atomic E-state index is 2.43. The third-order valence-corrected chi connectivity index (χ3v) is 3.40. The van der Waals surface area contributed by atoms with Crippen molar-refractivity contribution < 1.29 is 0 Å². The van der Waals surface area contributed by atoms with Gasteiger partial charge in [-0.1, -0.05) is 44.6 Å². The SMILES string of the molecule is C.CC1CCC(CC2=CCCC=C2)C1. The fourth-order valence-corrected chi connectivity index (χ4v) is 2.66. The van der Waals surface area contributed by atoms with Gasteiger partial charge in [0.2, 0.25) is 0 Å². The van der Waals surface area contributed by atoms with E-state index in [1.54, 1.807) is 5.57 Å². The Morgan fingerprint density at radius 2 is 2.14 bits per heavy atom. The van der Waals surface area contributed by atoms with Crippen molar-refractivity contribution in [3.8, 4) is 0 Å². The highest BCUT2D eigenvalue weighted by atomic mass is 14.3. The van der Waals surface area contributed by atoms with Crippen molar-refractivity contribution in [3.05, 3.63) is 23.8 Å². The Bertz CT molecular complexity index is 222. The molecule has 0 bridgehead atoms. The minimum absolute atomic E-state index is 0. The van der Waals surface area contributed by atoms with Gasteiger partial charge in [-0.05, 0) is 43.9 Å². The average molecular weight is 192 g/mol. The van der Waals surface area contributed by atoms with Crippen molar-refractivity contribution in [1.82, 2.24) is 0 Å². The predicted octanol–water partition coefficient (Wildman–Crippen LogP) is 4.73. The van der Waals surface area contributed by atoms with Gasteiger partial charge in [-0.15, -0.1) is 0 Å². The highest BCUT2D eigenvalue weighted by Crippen LogP contribution is 2.35. The molecule has 2 rings (SSSR count). The molecule has 1 saturated carbocycles. The lowest BCUT2D eigenvalue weighted by atomic mass is 9.94. The van der Waals surface area contributed by atoms with Gasteiger partial charge in [0.05, 0.1) is 0 Å². The molecule has 2 aliphatic rings. The summed E-state index contributed by atoms with van der Waals surface area (Å²) in [5.74, 6) is 1.97. The molecule has 80 valence electrons. The first-order valence-corrected chi connectivity index (χ1v) is 5.70. The van der Waals surface area contributed by atoms with Gasteiger partial charge in [-0.25, -0.2) is 0 Å². The van der Waals surface area contributed by atoms with Gasteiger partial charge in [-0.3, -0.25) is 0 Å². The first-order valence-electron chi connectivity index (χ1n) is 5.70. The Hall–Kier alpha value is -0.520. The molecule has 0 spiro atoms. The van der Waals surface area contributed by atoms with Gasteiger partial charge in [0, 0.05) is 0 Å². The molecule has 2 aliphatic carbocycles. The van der Waals surface area contributed by atoms with E-state index in [9.17, 15) is 0 Å². The molecule has 0 heteroatoms. The zero-order chi connectivity index (χ0) is 9.10. The quantitative estimate of drug-likeness (QED) is 0.593. The first-order chi connectivity index (χ1) is 6.34. The molecule has 1 fully saturated rings. The van der Waals surface area contributed by atoms with Crippen LogP contribution in [0.15, 0.2) is 23.8 Å². The van der Waals surface area contributed by atoms with E-state index in [0.717, 1.165) is 11.8 Å². The van der Waals surface area contributed by atoms with Gasteiger partial charge < -0.3 is 0 Å². The fourth-order valence-electron chi connectivity index (χ4n) is 2.66. The second-order valence-electron chi connectivity index (χ2n) is 4.75. The van der Waals surface area contributed by atoms with E-state index in [1.165, 1.54) is 38.5 Å². The zero-order valence-electron chi connectivity index (χ0n) is 8.63. The Labute approximate surface area is 89.1 Å². The Kier molecular flexibility index (Phi) is 4.44. The molecule has 0 amide bonds. The van der Waals surface area contributed by atoms with Crippen LogP contribution in [0.5, 0.6) is 0 Å². The summed E-state index contributed by atoms with van der Waals surface area (Å²) in [4.78, 5) is 0. The largest absolute Gasteiger partial charge is 0.0840 e. The Morgan fingerprint density at radius 3 is 2.71 bits per heavy atom. The van der Waals surface area contributed by atoms with Crippen LogP contribution in [0.25, 0.3) is 0 Å². The minimum Gasteiger partial charge on any atom is -0.0840 e. The summed E-state index contributed by atoms with van der Waals surface area (Å²) in [5, 5.41) is 0. The van der Waals surface area contributed by atoms with Crippen molar-refractivity contribution in [2.24, 2.45) is 11.8 Å². The zero-order valence-corrected chi connectivity index (χ0v) is 8.63. The number of hydrogen-bond acceptors (Lipinski definition) is 0. The molecule has 14 heavy (non-hydrogen) atoms. The van der Waals surface area contributed by atoms with E-state index in [2.05, 4.69) is 25.2 Å². The normalized spacial score (nSPS) is 31.1. The molecule has 0 aromatic heterocycles. The standard InChI is InChI=1S/C13H20.CH4/c1-11-7-8-13(9-11)10-12-5-3-2-4-6-12;/h3,5-6,11,13H,2,4,7-10H2,1H3;1H4. The number of rotatable bonds is 2. The molecule has 0 N–H and O–H groups in total. The summed E-state index contributed by atoms with van der Waals surface area (Å²) in [5.41, 5.74) is 1.60. The summed E-state index contributed by atoms with van der Waals surface area (Å²) >= 11 is 0. The van der Waals surface area contributed by atoms with Crippen LogP contribution in [0.4, 0.5) is 0 Å². The van der Waals surface area contributed by atoms with Crippen LogP contribution in [0.1, 0.15) is 52.9 Å². The van der Waals surface area contributed by atoms with Gasteiger partial charge in [0.25, 0.3) is 0 Å². The van der Waals surface area contributed by atoms with E-state index in [0.29, 0.717) is 0 Å². The lowest BCUT2D eigenvalue weighted by Gasteiger charge is -2.12. The van der Waals surface area contributed by atoms with Crippen molar-refractivity contribution in [3.63, 3.8) is 0 Å². The van der Waals surface area contributed by atoms with Crippen LogP contribution < -0.4 is 0 Å². The van der Waals surface area contributed by atoms with Crippen LogP contribution in [0, 0.1) is 11.8 Å². The van der Waals surface area contributed by atoms with Crippen LogP contribution in [-0.2, 0) is 0 Å². The molecule has 0 aromatic carbocycles. The van der Waals surface area contributed by atoms with Crippen LogP contribution >= 0.6 is 0 Å². The van der Waals surface area contributed by atoms with E-state index in [-0.39, 0.29) is 7.43 Å². The molecule has 0 saturated heterocycles. The van der Waals surface area contributed by atoms with E-state index in [4.69, 9.17) is 0 Å². The third-order valence-electron chi connectivity index (χ3n) is 3.40. The molecular formula is C14H24. The van der Waals surface area contributed by atoms with Crippen molar-refractivity contribution in [1.29, 1.82) is 0 Å². The average Bonchev–Trinajstić information content (AvgIpc) is 2.53. The lowest BCUT2D eigenvalue weighted by Crippen LogP contribution is -1.97. The smallest absolute Gasteiger partial charge is 0.0254 e. The fraction of sp³-hybridized carbons (Fsp3) is 0.714. The Morgan fingerprint density at radius 1 is 1.29 bits per heavy atom. The number of hydrogen-bond donors (Lipinski definition) is 0. The highest BCUT2D eigenvalue weighted by Gasteiger charge is 2.21. The van der Waals surface area contributed by atoms with Gasteiger partial charge in [-0.2, -0.15) is 0 Å². The molecule has 0 heterocycles. The Balaban J connectivity index is 0.000000980. The molecule has 0 radical (unpaired) electrons. The first kappa shape index (κ1) is 11.6. The molecule has 0 aliphatic heterocycles. The monoisotopic (exact) mass is 192 g/mol. The second kappa shape index (κ2) is 5.38. The maximum atomic E-state index is 2.43. The van der Waals surface area contributed by atoms with Crippen molar-refractivity contribution in [2.75, 3.05) is 0 Å². The molecule has 0 aromatic rings. The second-order valence-corrected chi connectivity index (χ2v) is 4.75. The predicted molar refractivity (Wildman–Crippen MR) is 64.3 cm³/mol. The van der Waals surface area contributed by atoms with E-state index in [1.807, 2.05) is 0 Å². The summed E-state index contributed by atoms with van der Waals surface area (Å²) in [6.45, 7) is 2.39. The van der Waals surface area contributed by atoms with Gasteiger partial charge in [0.15, 0.2) is 0 Å². The molecule has 0 nitrogen and oxygen atoms in total. The summed E-state index contributed by atoms with van der Waals surface area (Å²) in [6.07, 6.45) is 15.4. The van der Waals surface area contributed by atoms with E-state index < -0.39 is 0 Å². The van der Waals surface area contributed by atoms with Crippen LogP contribution in [0.2, 0.25) is 0 Å². The van der Waals surface area contributed by atoms with Crippen molar-refractivity contribution >= 4 is 0 Å². The summed E-state index contributed by atoms with van der Waals surface area (Å²) < 4.78 is 0. The maximum Gasteiger partial charge on any atom is -0.0254 e. The molecular weight excluding hydrogens is 168 g/mol. The lowest BCUT2D eigenvalue weighted by molar-refractivity contribution is 0.513. The van der Waals surface area contributed by atoms with Gasteiger partial charge >= 0.3 is 0 Å². The van der Waals surface area contributed by atoms with Gasteiger partial charge in [0.1, 0.15) is 0 Å². The van der Waals surface area contributed by atoms with Crippen molar-refractivity contribution in [2.45, 2.75) is 52.9 Å². The minimum atomic E-state index is 0. The third kappa shape index (κ3) is 3.01. The summed E-state index contributed by atoms with van der Waals surface area (Å²) in [6, 6.07) is 0. The topological polar surface area (TPSA) is 0 Å². The highest BCUT2D eigenvalue weighted by molar-refractivity contribution is 5.22. The molecule has 2 atom stereocenters. The van der Waals surface area contributed by atoms with Crippen LogP contribution in [0.3, 0.4) is 0 Å². The van der Waals surface area contributed by atoms with Crippen LogP contribution in [-0.4, -0.2) is 0 Å². The molecule has 2 unspecified atom stereocenters. The van der Waals surface area contributed by atoms with E-state index >= 15 is 0 Å². The number of allylic oxidation sites excluding steroid dienone is 4.